The van der Waals surface area contributed by atoms with E-state index in [2.05, 4.69) is 24.0 Å². The van der Waals surface area contributed by atoms with Crippen molar-refractivity contribution in [3.63, 3.8) is 0 Å². The van der Waals surface area contributed by atoms with Gasteiger partial charge < -0.3 is 15.0 Å². The highest BCUT2D eigenvalue weighted by atomic mass is 16.5. The van der Waals surface area contributed by atoms with Gasteiger partial charge in [-0.2, -0.15) is 4.98 Å². The van der Waals surface area contributed by atoms with Crippen LogP contribution in [0.2, 0.25) is 0 Å². The van der Waals surface area contributed by atoms with Gasteiger partial charge in [-0.25, -0.2) is 0 Å². The molecule has 120 valence electrons. The molecule has 1 aliphatic rings. The van der Waals surface area contributed by atoms with E-state index < -0.39 is 0 Å². The van der Waals surface area contributed by atoms with Gasteiger partial charge in [0.15, 0.2) is 0 Å². The maximum absolute atomic E-state index is 6.09. The van der Waals surface area contributed by atoms with Gasteiger partial charge in [0.1, 0.15) is 5.60 Å². The van der Waals surface area contributed by atoms with Gasteiger partial charge in [-0.15, -0.1) is 0 Å². The van der Waals surface area contributed by atoms with E-state index in [-0.39, 0.29) is 17.6 Å². The monoisotopic (exact) mass is 295 g/mol. The van der Waals surface area contributed by atoms with E-state index in [0.717, 1.165) is 25.7 Å². The molecule has 1 saturated carbocycles. The molecule has 1 aliphatic carbocycles. The van der Waals surface area contributed by atoms with Crippen molar-refractivity contribution in [3.8, 4) is 0 Å². The van der Waals surface area contributed by atoms with Gasteiger partial charge in [-0.05, 0) is 32.6 Å². The van der Waals surface area contributed by atoms with E-state index >= 15 is 0 Å². The highest BCUT2D eigenvalue weighted by Crippen LogP contribution is 2.40. The third kappa shape index (κ3) is 3.46. The standard InChI is InChI=1S/C16H29N3O2/c1-5-20-16(9-7-6-8-10-16)15-18-14(21-19-15)13(11(2)3)12(4)17/h11-13H,5-10,17H2,1-4H3. The van der Waals surface area contributed by atoms with E-state index in [1.165, 1.54) is 6.42 Å². The van der Waals surface area contributed by atoms with Crippen LogP contribution in [0.25, 0.3) is 0 Å². The minimum atomic E-state index is -0.353. The summed E-state index contributed by atoms with van der Waals surface area (Å²) in [4.78, 5) is 4.68. The third-order valence-electron chi connectivity index (χ3n) is 4.50. The topological polar surface area (TPSA) is 74.2 Å². The molecule has 5 nitrogen and oxygen atoms in total. The molecule has 0 aliphatic heterocycles. The zero-order valence-corrected chi connectivity index (χ0v) is 13.8. The summed E-state index contributed by atoms with van der Waals surface area (Å²) in [5.74, 6) is 1.83. The molecule has 0 spiro atoms. The van der Waals surface area contributed by atoms with Crippen LogP contribution in [0.1, 0.15) is 77.4 Å². The second-order valence-electron chi connectivity index (χ2n) is 6.57. The van der Waals surface area contributed by atoms with Gasteiger partial charge >= 0.3 is 0 Å². The number of rotatable bonds is 6. The summed E-state index contributed by atoms with van der Waals surface area (Å²) in [6.07, 6.45) is 5.53. The molecule has 0 radical (unpaired) electrons. The molecule has 0 saturated heterocycles. The maximum atomic E-state index is 6.09. The Labute approximate surface area is 127 Å². The number of nitrogens with two attached hydrogens (primary N) is 1. The minimum Gasteiger partial charge on any atom is -0.367 e. The summed E-state index contributed by atoms with van der Waals surface area (Å²) in [6.45, 7) is 8.96. The van der Waals surface area contributed by atoms with Gasteiger partial charge in [-0.1, -0.05) is 38.3 Å². The lowest BCUT2D eigenvalue weighted by Gasteiger charge is -2.34. The molecule has 0 amide bonds. The predicted octanol–water partition coefficient (Wildman–Crippen LogP) is 3.35. The number of hydrogen-bond acceptors (Lipinski definition) is 5. The van der Waals surface area contributed by atoms with E-state index in [1.54, 1.807) is 0 Å². The van der Waals surface area contributed by atoms with Gasteiger partial charge in [0.25, 0.3) is 0 Å². The van der Waals surface area contributed by atoms with Crippen molar-refractivity contribution in [1.82, 2.24) is 10.1 Å². The Morgan fingerprint density at radius 2 is 1.90 bits per heavy atom. The Morgan fingerprint density at radius 1 is 1.24 bits per heavy atom. The van der Waals surface area contributed by atoms with E-state index in [4.69, 9.17) is 15.0 Å². The average Bonchev–Trinajstić information content (AvgIpc) is 2.89. The fourth-order valence-corrected chi connectivity index (χ4v) is 3.50. The first kappa shape index (κ1) is 16.4. The van der Waals surface area contributed by atoms with Crippen molar-refractivity contribution >= 4 is 0 Å². The summed E-state index contributed by atoms with van der Waals surface area (Å²) in [5.41, 5.74) is 5.74. The van der Waals surface area contributed by atoms with E-state index in [1.807, 2.05) is 13.8 Å². The van der Waals surface area contributed by atoms with Crippen molar-refractivity contribution in [2.24, 2.45) is 11.7 Å². The largest absolute Gasteiger partial charge is 0.367 e. The quantitative estimate of drug-likeness (QED) is 0.871. The lowest BCUT2D eigenvalue weighted by atomic mass is 9.84. The lowest BCUT2D eigenvalue weighted by molar-refractivity contribution is -0.0777. The highest BCUT2D eigenvalue weighted by molar-refractivity contribution is 5.07. The summed E-state index contributed by atoms with van der Waals surface area (Å²) in [5, 5.41) is 4.25. The van der Waals surface area contributed by atoms with Crippen LogP contribution in [-0.4, -0.2) is 22.8 Å². The zero-order valence-electron chi connectivity index (χ0n) is 13.8. The van der Waals surface area contributed by atoms with Crippen molar-refractivity contribution in [2.45, 2.75) is 77.4 Å². The van der Waals surface area contributed by atoms with Crippen LogP contribution in [0.5, 0.6) is 0 Å². The van der Waals surface area contributed by atoms with Crippen LogP contribution in [0, 0.1) is 5.92 Å². The van der Waals surface area contributed by atoms with Crippen molar-refractivity contribution in [2.75, 3.05) is 6.61 Å². The lowest BCUT2D eigenvalue weighted by Crippen LogP contribution is -2.34. The molecule has 0 aromatic carbocycles. The SMILES string of the molecule is CCOC1(c2noc(C(C(C)C)C(C)N)n2)CCCCC1. The van der Waals surface area contributed by atoms with Crippen LogP contribution in [0.4, 0.5) is 0 Å². The molecular formula is C16H29N3O2. The highest BCUT2D eigenvalue weighted by Gasteiger charge is 2.40. The first-order valence-corrected chi connectivity index (χ1v) is 8.24. The van der Waals surface area contributed by atoms with Gasteiger partial charge in [0, 0.05) is 12.6 Å². The van der Waals surface area contributed by atoms with E-state index in [0.29, 0.717) is 24.2 Å². The molecule has 21 heavy (non-hydrogen) atoms. The van der Waals surface area contributed by atoms with Crippen LogP contribution >= 0.6 is 0 Å². The fraction of sp³-hybridized carbons (Fsp3) is 0.875. The average molecular weight is 295 g/mol. The Kier molecular flexibility index (Phi) is 5.38. The normalized spacial score (nSPS) is 21.4. The number of hydrogen-bond donors (Lipinski definition) is 1. The molecular weight excluding hydrogens is 266 g/mol. The number of aromatic nitrogens is 2. The third-order valence-corrected chi connectivity index (χ3v) is 4.50. The molecule has 2 atom stereocenters. The van der Waals surface area contributed by atoms with Crippen molar-refractivity contribution in [1.29, 1.82) is 0 Å². The van der Waals surface area contributed by atoms with Crippen molar-refractivity contribution < 1.29 is 9.26 Å². The van der Waals surface area contributed by atoms with Gasteiger partial charge in [0.2, 0.25) is 11.7 Å². The summed E-state index contributed by atoms with van der Waals surface area (Å²) < 4.78 is 11.6. The van der Waals surface area contributed by atoms with Crippen molar-refractivity contribution in [3.05, 3.63) is 11.7 Å². The molecule has 1 aromatic heterocycles. The summed E-state index contributed by atoms with van der Waals surface area (Å²) >= 11 is 0. The molecule has 0 bridgehead atoms. The second kappa shape index (κ2) is 6.88. The van der Waals surface area contributed by atoms with Crippen LogP contribution < -0.4 is 5.73 Å². The fourth-order valence-electron chi connectivity index (χ4n) is 3.50. The smallest absolute Gasteiger partial charge is 0.231 e. The van der Waals surface area contributed by atoms with Gasteiger partial charge in [0.05, 0.1) is 5.92 Å². The molecule has 1 aromatic rings. The maximum Gasteiger partial charge on any atom is 0.231 e. The molecule has 2 unspecified atom stereocenters. The molecule has 1 heterocycles. The second-order valence-corrected chi connectivity index (χ2v) is 6.57. The summed E-state index contributed by atoms with van der Waals surface area (Å²) in [6, 6.07) is -0.00676. The Morgan fingerprint density at radius 3 is 2.43 bits per heavy atom. The minimum absolute atomic E-state index is 0.00676. The number of ether oxygens (including phenoxy) is 1. The van der Waals surface area contributed by atoms with Crippen LogP contribution in [-0.2, 0) is 10.3 Å². The summed E-state index contributed by atoms with van der Waals surface area (Å²) in [7, 11) is 0. The Balaban J connectivity index is 2.28. The number of nitrogens with zero attached hydrogens (tertiary/aromatic N) is 2. The van der Waals surface area contributed by atoms with E-state index in [9.17, 15) is 0 Å². The van der Waals surface area contributed by atoms with Gasteiger partial charge in [-0.3, -0.25) is 0 Å². The predicted molar refractivity (Wildman–Crippen MR) is 81.9 cm³/mol. The molecule has 5 heteroatoms. The molecule has 2 N–H and O–H groups in total. The zero-order chi connectivity index (χ0) is 15.5. The van der Waals surface area contributed by atoms with Crippen LogP contribution in [0.15, 0.2) is 4.52 Å². The first-order chi connectivity index (χ1) is 10.00. The molecule has 1 fully saturated rings. The molecule has 2 rings (SSSR count). The Bertz CT molecular complexity index is 423. The Hall–Kier alpha value is -0.940. The first-order valence-electron chi connectivity index (χ1n) is 8.24. The van der Waals surface area contributed by atoms with Crippen LogP contribution in [0.3, 0.4) is 0 Å².